The van der Waals surface area contributed by atoms with Gasteiger partial charge >= 0.3 is 11.9 Å². The van der Waals surface area contributed by atoms with Crippen LogP contribution in [0.15, 0.2) is 42.6 Å². The first-order valence-corrected chi connectivity index (χ1v) is 8.02. The fourth-order valence-corrected chi connectivity index (χ4v) is 2.72. The first kappa shape index (κ1) is 18.1. The number of pyridine rings is 1. The van der Waals surface area contributed by atoms with E-state index >= 15 is 0 Å². The zero-order valence-electron chi connectivity index (χ0n) is 15.0. The lowest BCUT2D eigenvalue weighted by molar-refractivity contribution is 0.0587. The third-order valence-corrected chi connectivity index (χ3v) is 4.03. The minimum atomic E-state index is -0.646. The number of carbonyl (C=O) groups excluding carboxylic acids is 3. The van der Waals surface area contributed by atoms with Crippen LogP contribution in [0.2, 0.25) is 0 Å². The van der Waals surface area contributed by atoms with Crippen molar-refractivity contribution < 1.29 is 23.9 Å². The molecule has 1 N–H and O–H groups in total. The molecule has 3 aromatic rings. The van der Waals surface area contributed by atoms with E-state index in [0.717, 1.165) is 0 Å². The third kappa shape index (κ3) is 3.37. The second-order valence-electron chi connectivity index (χ2n) is 5.66. The molecular formula is C19H17N3O5. The quantitative estimate of drug-likeness (QED) is 0.711. The molecule has 1 amide bonds. The number of amides is 1. The van der Waals surface area contributed by atoms with Crippen LogP contribution in [-0.2, 0) is 9.47 Å². The van der Waals surface area contributed by atoms with Crippen LogP contribution in [0.4, 0.5) is 5.69 Å². The maximum atomic E-state index is 12.8. The van der Waals surface area contributed by atoms with Crippen molar-refractivity contribution in [3.8, 4) is 0 Å². The van der Waals surface area contributed by atoms with Gasteiger partial charge in [-0.15, -0.1) is 0 Å². The van der Waals surface area contributed by atoms with Crippen molar-refractivity contribution in [3.05, 3.63) is 65.2 Å². The Morgan fingerprint density at radius 2 is 1.78 bits per heavy atom. The molecule has 3 rings (SSSR count). The van der Waals surface area contributed by atoms with E-state index in [-0.39, 0.29) is 22.5 Å². The average molecular weight is 367 g/mol. The summed E-state index contributed by atoms with van der Waals surface area (Å²) >= 11 is 0. The lowest BCUT2D eigenvalue weighted by atomic mass is 10.1. The van der Waals surface area contributed by atoms with Gasteiger partial charge in [0.15, 0.2) is 5.69 Å². The van der Waals surface area contributed by atoms with Gasteiger partial charge in [-0.2, -0.15) is 0 Å². The van der Waals surface area contributed by atoms with Gasteiger partial charge in [0.05, 0.1) is 36.6 Å². The summed E-state index contributed by atoms with van der Waals surface area (Å²) in [6, 6.07) is 9.57. The first-order chi connectivity index (χ1) is 13.0. The fourth-order valence-electron chi connectivity index (χ4n) is 2.72. The molecule has 0 saturated heterocycles. The molecule has 0 aliphatic carbocycles. The molecule has 0 saturated carbocycles. The standard InChI is InChI=1S/C19H17N3O5/c1-11-20-16(15-6-4-5-9-22(11)15)17(23)21-14-10-12(18(24)26-2)7-8-13(14)19(25)27-3/h4-10H,1-3H3,(H,21,23). The zero-order valence-corrected chi connectivity index (χ0v) is 15.0. The molecule has 0 atom stereocenters. The average Bonchev–Trinajstić information content (AvgIpc) is 3.04. The second kappa shape index (κ2) is 7.28. The highest BCUT2D eigenvalue weighted by molar-refractivity contribution is 6.11. The number of rotatable bonds is 4. The molecular weight excluding hydrogens is 350 g/mol. The van der Waals surface area contributed by atoms with Crippen molar-refractivity contribution in [2.45, 2.75) is 6.92 Å². The Kier molecular flexibility index (Phi) is 4.89. The first-order valence-electron chi connectivity index (χ1n) is 8.02. The number of nitrogens with one attached hydrogen (secondary N) is 1. The topological polar surface area (TPSA) is 99.0 Å². The Bertz CT molecular complexity index is 1050. The van der Waals surface area contributed by atoms with Gasteiger partial charge in [0.2, 0.25) is 0 Å². The number of imidazole rings is 1. The van der Waals surface area contributed by atoms with Crippen molar-refractivity contribution in [2.24, 2.45) is 0 Å². The van der Waals surface area contributed by atoms with Gasteiger partial charge in [-0.05, 0) is 37.3 Å². The Labute approximate surface area is 154 Å². The second-order valence-corrected chi connectivity index (χ2v) is 5.66. The zero-order chi connectivity index (χ0) is 19.6. The van der Waals surface area contributed by atoms with Gasteiger partial charge in [0, 0.05) is 6.20 Å². The van der Waals surface area contributed by atoms with Gasteiger partial charge < -0.3 is 19.2 Å². The van der Waals surface area contributed by atoms with Crippen molar-refractivity contribution in [2.75, 3.05) is 19.5 Å². The molecule has 0 bridgehead atoms. The number of nitrogens with zero attached hydrogens (tertiary/aromatic N) is 2. The van der Waals surface area contributed by atoms with Crippen LogP contribution in [-0.4, -0.2) is 41.5 Å². The van der Waals surface area contributed by atoms with Crippen LogP contribution in [0.1, 0.15) is 37.0 Å². The van der Waals surface area contributed by atoms with E-state index in [2.05, 4.69) is 15.0 Å². The number of benzene rings is 1. The van der Waals surface area contributed by atoms with E-state index in [1.807, 2.05) is 6.07 Å². The summed E-state index contributed by atoms with van der Waals surface area (Å²) < 4.78 is 11.2. The summed E-state index contributed by atoms with van der Waals surface area (Å²) in [5.41, 5.74) is 1.25. The summed E-state index contributed by atoms with van der Waals surface area (Å²) in [6.45, 7) is 1.78. The molecule has 0 radical (unpaired) electrons. The van der Waals surface area contributed by atoms with Gasteiger partial charge in [0.1, 0.15) is 5.82 Å². The van der Waals surface area contributed by atoms with Gasteiger partial charge in [0.25, 0.3) is 5.91 Å². The number of methoxy groups -OCH3 is 2. The van der Waals surface area contributed by atoms with Gasteiger partial charge in [-0.3, -0.25) is 4.79 Å². The number of anilines is 1. The van der Waals surface area contributed by atoms with Gasteiger partial charge in [-0.1, -0.05) is 6.07 Å². The van der Waals surface area contributed by atoms with E-state index < -0.39 is 17.8 Å². The van der Waals surface area contributed by atoms with E-state index in [4.69, 9.17) is 4.74 Å². The minimum Gasteiger partial charge on any atom is -0.465 e. The fraction of sp³-hybridized carbons (Fsp3) is 0.158. The van der Waals surface area contributed by atoms with Crippen LogP contribution >= 0.6 is 0 Å². The molecule has 0 aliphatic rings. The predicted octanol–water partition coefficient (Wildman–Crippen LogP) is 2.47. The summed E-state index contributed by atoms with van der Waals surface area (Å²) in [5, 5.41) is 2.64. The number of fused-ring (bicyclic) bond motifs is 1. The highest BCUT2D eigenvalue weighted by Crippen LogP contribution is 2.22. The van der Waals surface area contributed by atoms with Crippen molar-refractivity contribution in [1.82, 2.24) is 9.38 Å². The molecule has 0 aliphatic heterocycles. The molecule has 0 fully saturated rings. The Morgan fingerprint density at radius 3 is 2.48 bits per heavy atom. The molecule has 8 heteroatoms. The summed E-state index contributed by atoms with van der Waals surface area (Å²) in [7, 11) is 2.48. The number of ether oxygens (including phenoxy) is 2. The molecule has 8 nitrogen and oxygen atoms in total. The molecule has 2 heterocycles. The number of hydrogen-bond acceptors (Lipinski definition) is 6. The minimum absolute atomic E-state index is 0.110. The van der Waals surface area contributed by atoms with Crippen molar-refractivity contribution in [3.63, 3.8) is 0 Å². The Balaban J connectivity index is 2.03. The van der Waals surface area contributed by atoms with Crippen molar-refractivity contribution >= 4 is 29.0 Å². The lowest BCUT2D eigenvalue weighted by Gasteiger charge is -2.11. The van der Waals surface area contributed by atoms with Crippen LogP contribution in [0.5, 0.6) is 0 Å². The maximum Gasteiger partial charge on any atom is 0.339 e. The molecule has 2 aromatic heterocycles. The Hall–Kier alpha value is -3.68. The van der Waals surface area contributed by atoms with E-state index in [0.29, 0.717) is 11.3 Å². The summed E-state index contributed by atoms with van der Waals surface area (Å²) in [6.07, 6.45) is 1.80. The highest BCUT2D eigenvalue weighted by atomic mass is 16.5. The molecule has 0 unspecified atom stereocenters. The lowest BCUT2D eigenvalue weighted by Crippen LogP contribution is -2.17. The van der Waals surface area contributed by atoms with Crippen LogP contribution in [0.25, 0.3) is 5.52 Å². The number of carbonyl (C=O) groups is 3. The number of hydrogen-bond donors (Lipinski definition) is 1. The molecule has 138 valence electrons. The number of esters is 2. The Morgan fingerprint density at radius 1 is 1.04 bits per heavy atom. The normalized spacial score (nSPS) is 10.5. The predicted molar refractivity (Wildman–Crippen MR) is 97.0 cm³/mol. The molecule has 27 heavy (non-hydrogen) atoms. The number of aromatic nitrogens is 2. The SMILES string of the molecule is COC(=O)c1ccc(C(=O)OC)c(NC(=O)c2nc(C)n3ccccc23)c1. The summed E-state index contributed by atoms with van der Waals surface area (Å²) in [5.74, 6) is -1.11. The largest absolute Gasteiger partial charge is 0.465 e. The summed E-state index contributed by atoms with van der Waals surface area (Å²) in [4.78, 5) is 40.9. The van der Waals surface area contributed by atoms with Crippen molar-refractivity contribution in [1.29, 1.82) is 0 Å². The van der Waals surface area contributed by atoms with Crippen LogP contribution < -0.4 is 5.32 Å². The smallest absolute Gasteiger partial charge is 0.339 e. The van der Waals surface area contributed by atoms with E-state index in [9.17, 15) is 14.4 Å². The maximum absolute atomic E-state index is 12.8. The van der Waals surface area contributed by atoms with E-state index in [1.54, 1.807) is 29.7 Å². The molecule has 0 spiro atoms. The van der Waals surface area contributed by atoms with E-state index in [1.165, 1.54) is 32.4 Å². The number of aryl methyl sites for hydroxylation is 1. The van der Waals surface area contributed by atoms with Crippen LogP contribution in [0.3, 0.4) is 0 Å². The molecule has 1 aromatic carbocycles. The van der Waals surface area contributed by atoms with Gasteiger partial charge in [-0.25, -0.2) is 14.6 Å². The van der Waals surface area contributed by atoms with Crippen LogP contribution in [0, 0.1) is 6.92 Å². The highest BCUT2D eigenvalue weighted by Gasteiger charge is 2.20. The third-order valence-electron chi connectivity index (χ3n) is 4.03. The monoisotopic (exact) mass is 367 g/mol.